The first-order chi connectivity index (χ1) is 7.29. The summed E-state index contributed by atoms with van der Waals surface area (Å²) in [6.07, 6.45) is 3.23. The fourth-order valence-corrected chi connectivity index (χ4v) is 1.84. The van der Waals surface area contributed by atoms with E-state index in [9.17, 15) is 0 Å². The van der Waals surface area contributed by atoms with Crippen LogP contribution in [-0.4, -0.2) is 18.6 Å². The van der Waals surface area contributed by atoms with Gasteiger partial charge in [0.2, 0.25) is 0 Å². The zero-order chi connectivity index (χ0) is 11.1. The molecule has 1 rings (SSSR count). The summed E-state index contributed by atoms with van der Waals surface area (Å²) in [7, 11) is 0. The van der Waals surface area contributed by atoms with E-state index in [4.69, 9.17) is 5.26 Å². The van der Waals surface area contributed by atoms with Gasteiger partial charge < -0.3 is 5.32 Å². The van der Waals surface area contributed by atoms with Gasteiger partial charge in [0.05, 0.1) is 11.3 Å². The zero-order valence-electron chi connectivity index (χ0n) is 9.21. The van der Waals surface area contributed by atoms with Gasteiger partial charge in [-0.25, -0.2) is 0 Å². The SMILES string of the molecule is CSCCCNc1cccc(C)c1C#N. The Kier molecular flexibility index (Phi) is 5.06. The van der Waals surface area contributed by atoms with Gasteiger partial charge in [0.1, 0.15) is 6.07 Å². The van der Waals surface area contributed by atoms with Crippen LogP contribution >= 0.6 is 11.8 Å². The first kappa shape index (κ1) is 11.9. The van der Waals surface area contributed by atoms with Crippen LogP contribution in [-0.2, 0) is 0 Å². The highest BCUT2D eigenvalue weighted by atomic mass is 32.2. The van der Waals surface area contributed by atoms with Crippen molar-refractivity contribution in [1.82, 2.24) is 0 Å². The van der Waals surface area contributed by atoms with Crippen LogP contribution in [0.25, 0.3) is 0 Å². The third-order valence-corrected chi connectivity index (χ3v) is 2.92. The fourth-order valence-electron chi connectivity index (χ4n) is 1.40. The number of hydrogen-bond donors (Lipinski definition) is 1. The minimum atomic E-state index is 0.765. The Morgan fingerprint density at radius 2 is 2.27 bits per heavy atom. The Hall–Kier alpha value is -1.14. The van der Waals surface area contributed by atoms with Crippen LogP contribution in [0.2, 0.25) is 0 Å². The summed E-state index contributed by atoms with van der Waals surface area (Å²) in [5.74, 6) is 1.15. The van der Waals surface area contributed by atoms with E-state index in [1.807, 2.05) is 36.9 Å². The second-order valence-corrected chi connectivity index (χ2v) is 4.37. The second kappa shape index (κ2) is 6.36. The Labute approximate surface area is 95.7 Å². The van der Waals surface area contributed by atoms with Gasteiger partial charge in [0.25, 0.3) is 0 Å². The van der Waals surface area contributed by atoms with Gasteiger partial charge in [0.15, 0.2) is 0 Å². The van der Waals surface area contributed by atoms with E-state index in [2.05, 4.69) is 17.6 Å². The molecule has 0 spiro atoms. The van der Waals surface area contributed by atoms with Crippen LogP contribution in [0.3, 0.4) is 0 Å². The highest BCUT2D eigenvalue weighted by Crippen LogP contribution is 2.18. The zero-order valence-corrected chi connectivity index (χ0v) is 10.0. The average Bonchev–Trinajstić information content (AvgIpc) is 2.24. The van der Waals surface area contributed by atoms with Crippen molar-refractivity contribution in [1.29, 1.82) is 5.26 Å². The third kappa shape index (κ3) is 3.49. The summed E-state index contributed by atoms with van der Waals surface area (Å²) in [4.78, 5) is 0. The number of hydrogen-bond acceptors (Lipinski definition) is 3. The number of aryl methyl sites for hydroxylation is 1. The fraction of sp³-hybridized carbons (Fsp3) is 0.417. The highest BCUT2D eigenvalue weighted by Gasteiger charge is 2.02. The molecule has 0 bridgehead atoms. The topological polar surface area (TPSA) is 35.8 Å². The number of anilines is 1. The van der Waals surface area contributed by atoms with Crippen LogP contribution in [0.5, 0.6) is 0 Å². The number of nitrogens with zero attached hydrogens (tertiary/aromatic N) is 1. The highest BCUT2D eigenvalue weighted by molar-refractivity contribution is 7.98. The van der Waals surface area contributed by atoms with Gasteiger partial charge in [-0.2, -0.15) is 17.0 Å². The molecule has 15 heavy (non-hydrogen) atoms. The molecule has 2 nitrogen and oxygen atoms in total. The van der Waals surface area contributed by atoms with Crippen molar-refractivity contribution < 1.29 is 0 Å². The minimum Gasteiger partial charge on any atom is -0.384 e. The second-order valence-electron chi connectivity index (χ2n) is 3.38. The number of benzene rings is 1. The molecule has 0 heterocycles. The monoisotopic (exact) mass is 220 g/mol. The van der Waals surface area contributed by atoms with E-state index in [0.29, 0.717) is 0 Å². The first-order valence-corrected chi connectivity index (χ1v) is 6.41. The summed E-state index contributed by atoms with van der Waals surface area (Å²) in [5.41, 5.74) is 2.76. The van der Waals surface area contributed by atoms with Crippen molar-refractivity contribution in [2.24, 2.45) is 0 Å². The van der Waals surface area contributed by atoms with Crippen molar-refractivity contribution in [2.75, 3.05) is 23.9 Å². The maximum atomic E-state index is 9.01. The maximum absolute atomic E-state index is 9.01. The normalized spacial score (nSPS) is 9.67. The Morgan fingerprint density at radius 1 is 1.47 bits per heavy atom. The molecule has 1 aromatic rings. The maximum Gasteiger partial charge on any atom is 0.102 e. The van der Waals surface area contributed by atoms with Crippen LogP contribution in [0.15, 0.2) is 18.2 Å². The lowest BCUT2D eigenvalue weighted by Gasteiger charge is -2.09. The lowest BCUT2D eigenvalue weighted by molar-refractivity contribution is 0.992. The minimum absolute atomic E-state index is 0.765. The summed E-state index contributed by atoms with van der Waals surface area (Å²) >= 11 is 1.84. The molecule has 0 amide bonds. The van der Waals surface area contributed by atoms with Crippen LogP contribution < -0.4 is 5.32 Å². The molecular weight excluding hydrogens is 204 g/mol. The van der Waals surface area contributed by atoms with E-state index in [1.54, 1.807) is 0 Å². The molecule has 0 saturated carbocycles. The lowest BCUT2D eigenvalue weighted by atomic mass is 10.1. The van der Waals surface area contributed by atoms with Crippen LogP contribution in [0.4, 0.5) is 5.69 Å². The predicted molar refractivity (Wildman–Crippen MR) is 67.4 cm³/mol. The largest absolute Gasteiger partial charge is 0.384 e. The molecular formula is C12H16N2S. The van der Waals surface area contributed by atoms with Gasteiger partial charge in [-0.05, 0) is 37.0 Å². The molecule has 0 fully saturated rings. The molecule has 80 valence electrons. The van der Waals surface area contributed by atoms with Crippen molar-refractivity contribution >= 4 is 17.4 Å². The number of nitriles is 1. The number of thioether (sulfide) groups is 1. The molecule has 0 unspecified atom stereocenters. The number of rotatable bonds is 5. The summed E-state index contributed by atoms with van der Waals surface area (Å²) in [5, 5.41) is 12.3. The first-order valence-electron chi connectivity index (χ1n) is 5.02. The van der Waals surface area contributed by atoms with E-state index in [0.717, 1.165) is 35.5 Å². The van der Waals surface area contributed by atoms with Crippen molar-refractivity contribution in [2.45, 2.75) is 13.3 Å². The van der Waals surface area contributed by atoms with Crippen molar-refractivity contribution in [3.05, 3.63) is 29.3 Å². The summed E-state index contributed by atoms with van der Waals surface area (Å²) in [6, 6.07) is 8.14. The molecule has 0 aliphatic heterocycles. The lowest BCUT2D eigenvalue weighted by Crippen LogP contribution is -2.04. The molecule has 0 radical (unpaired) electrons. The molecule has 3 heteroatoms. The third-order valence-electron chi connectivity index (χ3n) is 2.23. The van der Waals surface area contributed by atoms with E-state index in [1.165, 1.54) is 0 Å². The molecule has 0 aromatic heterocycles. The quantitative estimate of drug-likeness (QED) is 0.775. The van der Waals surface area contributed by atoms with E-state index < -0.39 is 0 Å². The van der Waals surface area contributed by atoms with Crippen LogP contribution in [0, 0.1) is 18.3 Å². The van der Waals surface area contributed by atoms with Gasteiger partial charge in [-0.15, -0.1) is 0 Å². The summed E-state index contributed by atoms with van der Waals surface area (Å²) in [6.45, 7) is 2.89. The van der Waals surface area contributed by atoms with E-state index in [-0.39, 0.29) is 0 Å². The standard InChI is InChI=1S/C12H16N2S/c1-10-5-3-6-12(11(10)9-13)14-7-4-8-15-2/h3,5-6,14H,4,7-8H2,1-2H3. The molecule has 1 aromatic carbocycles. The van der Waals surface area contributed by atoms with Gasteiger partial charge in [0, 0.05) is 6.54 Å². The average molecular weight is 220 g/mol. The molecule has 0 saturated heterocycles. The van der Waals surface area contributed by atoms with Crippen molar-refractivity contribution in [3.8, 4) is 6.07 Å². The summed E-state index contributed by atoms with van der Waals surface area (Å²) < 4.78 is 0. The van der Waals surface area contributed by atoms with Crippen molar-refractivity contribution in [3.63, 3.8) is 0 Å². The Balaban J connectivity index is 2.61. The van der Waals surface area contributed by atoms with Gasteiger partial charge in [-0.1, -0.05) is 12.1 Å². The number of nitrogens with one attached hydrogen (secondary N) is 1. The predicted octanol–water partition coefficient (Wildman–Crippen LogP) is 3.03. The Morgan fingerprint density at radius 3 is 2.93 bits per heavy atom. The molecule has 0 atom stereocenters. The van der Waals surface area contributed by atoms with Gasteiger partial charge >= 0.3 is 0 Å². The Bertz CT molecular complexity index is 355. The van der Waals surface area contributed by atoms with Crippen LogP contribution in [0.1, 0.15) is 17.5 Å². The molecule has 1 N–H and O–H groups in total. The molecule has 0 aliphatic rings. The van der Waals surface area contributed by atoms with Gasteiger partial charge in [-0.3, -0.25) is 0 Å². The smallest absolute Gasteiger partial charge is 0.102 e. The molecule has 0 aliphatic carbocycles. The van der Waals surface area contributed by atoms with E-state index >= 15 is 0 Å².